The lowest BCUT2D eigenvalue weighted by molar-refractivity contribution is 0.0595. The third-order valence-electron chi connectivity index (χ3n) is 4.25. The third kappa shape index (κ3) is 4.30. The maximum atomic E-state index is 13.9. The maximum absolute atomic E-state index is 13.9. The summed E-state index contributed by atoms with van der Waals surface area (Å²) < 4.78 is 32.2. The van der Waals surface area contributed by atoms with Crippen LogP contribution in [-0.4, -0.2) is 43.2 Å². The van der Waals surface area contributed by atoms with Crippen molar-refractivity contribution in [2.45, 2.75) is 12.5 Å². The van der Waals surface area contributed by atoms with E-state index in [0.29, 0.717) is 19.5 Å². The van der Waals surface area contributed by atoms with Gasteiger partial charge in [-0.15, -0.1) is 0 Å². The number of esters is 1. The number of amides is 2. The summed E-state index contributed by atoms with van der Waals surface area (Å²) in [6.07, 6.45) is 2.10. The van der Waals surface area contributed by atoms with Gasteiger partial charge in [-0.2, -0.15) is 0 Å². The van der Waals surface area contributed by atoms with Crippen molar-refractivity contribution in [2.24, 2.45) is 0 Å². The highest BCUT2D eigenvalue weighted by Gasteiger charge is 2.26. The molecule has 2 N–H and O–H groups in total. The minimum atomic E-state index is -0.928. The van der Waals surface area contributed by atoms with E-state index in [-0.39, 0.29) is 28.1 Å². The average Bonchev–Trinajstić information content (AvgIpc) is 3.12. The molecule has 148 valence electrons. The number of ether oxygens (including phenoxy) is 1. The number of pyridine rings is 1. The van der Waals surface area contributed by atoms with Gasteiger partial charge in [0, 0.05) is 31.0 Å². The molecule has 1 aromatic heterocycles. The number of rotatable bonds is 4. The van der Waals surface area contributed by atoms with E-state index >= 15 is 0 Å². The van der Waals surface area contributed by atoms with Crippen molar-refractivity contribution in [3.8, 4) is 0 Å². The zero-order chi connectivity index (χ0) is 20.3. The van der Waals surface area contributed by atoms with Gasteiger partial charge < -0.3 is 20.3 Å². The summed E-state index contributed by atoms with van der Waals surface area (Å²) in [6, 6.07) is 4.36. The van der Waals surface area contributed by atoms with E-state index in [2.05, 4.69) is 20.4 Å². The Balaban J connectivity index is 1.63. The first-order chi connectivity index (χ1) is 13.4. The van der Waals surface area contributed by atoms with Crippen molar-refractivity contribution in [1.82, 2.24) is 10.3 Å². The fourth-order valence-electron chi connectivity index (χ4n) is 2.95. The number of carbonyl (C=O) groups is 2. The molecule has 0 spiro atoms. The second-order valence-corrected chi connectivity index (χ2v) is 6.56. The standard InChI is InChI=1S/C18H17ClF2N4O3/c1-28-17(26)12-7-11(8-13(19)15(12)21)24-18(27)23-10-4-6-25(9-10)16-14(20)3-2-5-22-16/h2-3,5,7-8,10H,4,6,9H2,1H3,(H2,23,24,27). The lowest BCUT2D eigenvalue weighted by Gasteiger charge is -2.18. The minimum absolute atomic E-state index is 0.134. The molecular weight excluding hydrogens is 394 g/mol. The highest BCUT2D eigenvalue weighted by Crippen LogP contribution is 2.25. The molecule has 7 nitrogen and oxygen atoms in total. The molecular formula is C18H17ClF2N4O3. The van der Waals surface area contributed by atoms with Crippen molar-refractivity contribution >= 4 is 35.1 Å². The normalized spacial score (nSPS) is 16.0. The van der Waals surface area contributed by atoms with Gasteiger partial charge in [0.25, 0.3) is 0 Å². The van der Waals surface area contributed by atoms with E-state index < -0.39 is 23.6 Å². The predicted molar refractivity (Wildman–Crippen MR) is 99.7 cm³/mol. The smallest absolute Gasteiger partial charge is 0.340 e. The molecule has 1 aliphatic rings. The van der Waals surface area contributed by atoms with Crippen molar-refractivity contribution in [1.29, 1.82) is 0 Å². The second-order valence-electron chi connectivity index (χ2n) is 6.15. The molecule has 0 radical (unpaired) electrons. The molecule has 2 aromatic rings. The number of aromatic nitrogens is 1. The van der Waals surface area contributed by atoms with Gasteiger partial charge in [0.05, 0.1) is 17.7 Å². The molecule has 3 rings (SSSR count). The fourth-order valence-corrected chi connectivity index (χ4v) is 3.17. The van der Waals surface area contributed by atoms with E-state index in [1.807, 2.05) is 0 Å². The van der Waals surface area contributed by atoms with Crippen LogP contribution < -0.4 is 15.5 Å². The molecule has 1 aliphatic heterocycles. The summed E-state index contributed by atoms with van der Waals surface area (Å²) in [5, 5.41) is 4.93. The topological polar surface area (TPSA) is 83.6 Å². The molecule has 1 saturated heterocycles. The van der Waals surface area contributed by atoms with E-state index in [9.17, 15) is 18.4 Å². The van der Waals surface area contributed by atoms with E-state index in [1.54, 1.807) is 4.90 Å². The Morgan fingerprint density at radius 3 is 2.86 bits per heavy atom. The summed E-state index contributed by atoms with van der Waals surface area (Å²) in [6.45, 7) is 0.923. The van der Waals surface area contributed by atoms with Crippen LogP contribution in [0.15, 0.2) is 30.5 Å². The zero-order valence-electron chi connectivity index (χ0n) is 14.8. The quantitative estimate of drug-likeness (QED) is 0.756. The van der Waals surface area contributed by atoms with Gasteiger partial charge in [0.15, 0.2) is 17.5 Å². The molecule has 0 saturated carbocycles. The van der Waals surface area contributed by atoms with Gasteiger partial charge in [-0.1, -0.05) is 11.6 Å². The summed E-state index contributed by atoms with van der Waals surface area (Å²) >= 11 is 5.77. The van der Waals surface area contributed by atoms with Gasteiger partial charge in [-0.3, -0.25) is 0 Å². The van der Waals surface area contributed by atoms with Crippen molar-refractivity contribution in [3.63, 3.8) is 0 Å². The first-order valence-electron chi connectivity index (χ1n) is 8.39. The number of nitrogens with zero attached hydrogens (tertiary/aromatic N) is 2. The van der Waals surface area contributed by atoms with E-state index in [1.165, 1.54) is 24.4 Å². The lowest BCUT2D eigenvalue weighted by atomic mass is 10.2. The number of methoxy groups -OCH3 is 1. The van der Waals surface area contributed by atoms with Crippen LogP contribution in [0.25, 0.3) is 0 Å². The van der Waals surface area contributed by atoms with Crippen LogP contribution in [0.2, 0.25) is 5.02 Å². The molecule has 10 heteroatoms. The molecule has 1 unspecified atom stereocenters. The lowest BCUT2D eigenvalue weighted by Crippen LogP contribution is -2.40. The molecule has 2 heterocycles. The zero-order valence-corrected chi connectivity index (χ0v) is 15.6. The molecule has 1 aromatic carbocycles. The molecule has 0 aliphatic carbocycles. The van der Waals surface area contributed by atoms with Gasteiger partial charge in [0.2, 0.25) is 0 Å². The Bertz CT molecular complexity index is 912. The minimum Gasteiger partial charge on any atom is -0.465 e. The van der Waals surface area contributed by atoms with E-state index in [0.717, 1.165) is 13.2 Å². The number of anilines is 2. The maximum Gasteiger partial charge on any atom is 0.340 e. The number of benzene rings is 1. The van der Waals surface area contributed by atoms with Gasteiger partial charge in [-0.05, 0) is 30.7 Å². The van der Waals surface area contributed by atoms with Crippen molar-refractivity contribution in [2.75, 3.05) is 30.4 Å². The van der Waals surface area contributed by atoms with Crippen LogP contribution in [-0.2, 0) is 4.74 Å². The SMILES string of the molecule is COC(=O)c1cc(NC(=O)NC2CCN(c3ncccc3F)C2)cc(Cl)c1F. The van der Waals surface area contributed by atoms with Crippen LogP contribution in [0, 0.1) is 11.6 Å². The Hall–Kier alpha value is -2.94. The van der Waals surface area contributed by atoms with E-state index in [4.69, 9.17) is 11.6 Å². The number of hydrogen-bond acceptors (Lipinski definition) is 5. The molecule has 1 atom stereocenters. The van der Waals surface area contributed by atoms with Crippen LogP contribution in [0.4, 0.5) is 25.1 Å². The van der Waals surface area contributed by atoms with Crippen LogP contribution in [0.5, 0.6) is 0 Å². The number of nitrogens with one attached hydrogen (secondary N) is 2. The summed E-state index contributed by atoms with van der Waals surface area (Å²) in [4.78, 5) is 29.6. The molecule has 0 bridgehead atoms. The predicted octanol–water partition coefficient (Wildman–Crippen LogP) is 3.20. The Labute approximate surface area is 164 Å². The first-order valence-corrected chi connectivity index (χ1v) is 8.77. The average molecular weight is 411 g/mol. The Morgan fingerprint density at radius 1 is 1.36 bits per heavy atom. The van der Waals surface area contributed by atoms with Crippen molar-refractivity contribution < 1.29 is 23.1 Å². The van der Waals surface area contributed by atoms with Crippen LogP contribution >= 0.6 is 11.6 Å². The first kappa shape index (κ1) is 19.8. The largest absolute Gasteiger partial charge is 0.465 e. The van der Waals surface area contributed by atoms with Crippen molar-refractivity contribution in [3.05, 3.63) is 52.7 Å². The van der Waals surface area contributed by atoms with Gasteiger partial charge in [0.1, 0.15) is 0 Å². The number of halogens is 3. The highest BCUT2D eigenvalue weighted by atomic mass is 35.5. The molecule has 28 heavy (non-hydrogen) atoms. The summed E-state index contributed by atoms with van der Waals surface area (Å²) in [5.41, 5.74) is -0.252. The number of hydrogen-bond donors (Lipinski definition) is 2. The third-order valence-corrected chi connectivity index (χ3v) is 4.53. The summed E-state index contributed by atoms with van der Waals surface area (Å²) in [7, 11) is 1.11. The monoisotopic (exact) mass is 410 g/mol. The van der Waals surface area contributed by atoms with Gasteiger partial charge >= 0.3 is 12.0 Å². The number of carbonyl (C=O) groups excluding carboxylic acids is 2. The molecule has 1 fully saturated rings. The summed E-state index contributed by atoms with van der Waals surface area (Å²) in [5.74, 6) is -2.03. The number of urea groups is 1. The molecule has 2 amide bonds. The second kappa shape index (κ2) is 8.39. The Morgan fingerprint density at radius 2 is 2.14 bits per heavy atom. The van der Waals surface area contributed by atoms with Crippen LogP contribution in [0.3, 0.4) is 0 Å². The fraction of sp³-hybridized carbons (Fsp3) is 0.278. The Kier molecular flexibility index (Phi) is 5.93. The highest BCUT2D eigenvalue weighted by molar-refractivity contribution is 6.31. The van der Waals surface area contributed by atoms with Crippen LogP contribution in [0.1, 0.15) is 16.8 Å². The van der Waals surface area contributed by atoms with Gasteiger partial charge in [-0.25, -0.2) is 23.4 Å².